The van der Waals surface area contributed by atoms with E-state index in [1.54, 1.807) is 7.11 Å². The standard InChI is InChI=1S/C23H21NO5/c1-29-23-15-9-4-2-7-13(15)18(14-8-3-5-10-16(14)23)19-20(23)22(28)24(21(19)27)12-6-11-17(25)26/h2-5,7-10,18-20H,6,11-12H2,1H3,(H,25,26)/t18?,19-,20+,23?/m1/s1. The first kappa shape index (κ1) is 18.1. The molecule has 1 aliphatic heterocycles. The number of hydrogen-bond acceptors (Lipinski definition) is 4. The van der Waals surface area contributed by atoms with Crippen molar-refractivity contribution in [3.05, 3.63) is 70.8 Å². The maximum atomic E-state index is 13.5. The molecule has 1 saturated heterocycles. The van der Waals surface area contributed by atoms with E-state index >= 15 is 0 Å². The number of ether oxygens (including phenoxy) is 1. The highest BCUT2D eigenvalue weighted by molar-refractivity contribution is 6.08. The monoisotopic (exact) mass is 391 g/mol. The summed E-state index contributed by atoms with van der Waals surface area (Å²) < 4.78 is 6.15. The summed E-state index contributed by atoms with van der Waals surface area (Å²) in [4.78, 5) is 39.0. The fourth-order valence-electron chi connectivity index (χ4n) is 5.72. The predicted octanol–water partition coefficient (Wildman–Crippen LogP) is 2.50. The Morgan fingerprint density at radius 1 is 1.03 bits per heavy atom. The number of benzene rings is 2. The third-order valence-corrected chi connectivity index (χ3v) is 6.73. The van der Waals surface area contributed by atoms with E-state index in [9.17, 15) is 14.4 Å². The summed E-state index contributed by atoms with van der Waals surface area (Å²) in [5.74, 6) is -2.79. The number of carbonyl (C=O) groups is 3. The number of likely N-dealkylation sites (tertiary alicyclic amines) is 1. The van der Waals surface area contributed by atoms with Crippen molar-refractivity contribution >= 4 is 17.8 Å². The summed E-state index contributed by atoms with van der Waals surface area (Å²) in [6.07, 6.45) is 0.169. The van der Waals surface area contributed by atoms with Gasteiger partial charge in [-0.05, 0) is 28.7 Å². The zero-order chi connectivity index (χ0) is 20.3. The highest BCUT2D eigenvalue weighted by Crippen LogP contribution is 2.64. The van der Waals surface area contributed by atoms with E-state index in [2.05, 4.69) is 0 Å². The molecule has 1 N–H and O–H groups in total. The van der Waals surface area contributed by atoms with Crippen molar-refractivity contribution in [2.45, 2.75) is 24.4 Å². The summed E-state index contributed by atoms with van der Waals surface area (Å²) in [6.45, 7) is 0.121. The number of carboxylic acids is 1. The Hall–Kier alpha value is -2.99. The SMILES string of the molecule is COC12c3ccccc3C(c3ccccc31)[C@H]1C(=O)N(CCCC(=O)O)C(=O)[C@H]12. The maximum absolute atomic E-state index is 13.5. The van der Waals surface area contributed by atoms with Crippen molar-refractivity contribution in [3.8, 4) is 0 Å². The number of nitrogens with zero attached hydrogens (tertiary/aromatic N) is 1. The molecule has 2 atom stereocenters. The van der Waals surface area contributed by atoms with Crippen molar-refractivity contribution in [2.75, 3.05) is 13.7 Å². The molecule has 6 nitrogen and oxygen atoms in total. The van der Waals surface area contributed by atoms with Crippen LogP contribution in [0.4, 0.5) is 0 Å². The van der Waals surface area contributed by atoms with Crippen molar-refractivity contribution in [1.82, 2.24) is 4.90 Å². The summed E-state index contributed by atoms with van der Waals surface area (Å²) in [6, 6.07) is 15.8. The predicted molar refractivity (Wildman–Crippen MR) is 103 cm³/mol. The highest BCUT2D eigenvalue weighted by atomic mass is 16.5. The normalized spacial score (nSPS) is 28.9. The van der Waals surface area contributed by atoms with Crippen molar-refractivity contribution in [3.63, 3.8) is 0 Å². The van der Waals surface area contributed by atoms with Crippen LogP contribution in [0.2, 0.25) is 0 Å². The number of carbonyl (C=O) groups excluding carboxylic acids is 2. The molecule has 148 valence electrons. The van der Waals surface area contributed by atoms with Gasteiger partial charge >= 0.3 is 5.97 Å². The maximum Gasteiger partial charge on any atom is 0.303 e. The number of rotatable bonds is 5. The molecule has 0 radical (unpaired) electrons. The molecule has 6 heteroatoms. The minimum absolute atomic E-state index is 0.0777. The van der Waals surface area contributed by atoms with Gasteiger partial charge in [-0.15, -0.1) is 0 Å². The van der Waals surface area contributed by atoms with Crippen LogP contribution in [0.1, 0.15) is 41.0 Å². The van der Waals surface area contributed by atoms with Gasteiger partial charge in [0, 0.05) is 26.0 Å². The molecular weight excluding hydrogens is 370 g/mol. The molecule has 0 unspecified atom stereocenters. The average molecular weight is 391 g/mol. The van der Waals surface area contributed by atoms with Crippen LogP contribution < -0.4 is 0 Å². The van der Waals surface area contributed by atoms with Crippen LogP contribution in [0.3, 0.4) is 0 Å². The summed E-state index contributed by atoms with van der Waals surface area (Å²) >= 11 is 0. The van der Waals surface area contributed by atoms with Crippen LogP contribution in [-0.4, -0.2) is 41.4 Å². The van der Waals surface area contributed by atoms with Gasteiger partial charge < -0.3 is 9.84 Å². The number of carboxylic acid groups (broad SMARTS) is 1. The van der Waals surface area contributed by atoms with Crippen molar-refractivity contribution in [2.24, 2.45) is 11.8 Å². The Labute approximate surface area is 168 Å². The molecule has 2 aromatic carbocycles. The van der Waals surface area contributed by atoms with E-state index in [0.29, 0.717) is 0 Å². The molecule has 1 fully saturated rings. The average Bonchev–Trinajstić information content (AvgIpc) is 2.99. The van der Waals surface area contributed by atoms with Crippen LogP contribution in [0.5, 0.6) is 0 Å². The quantitative estimate of drug-likeness (QED) is 0.792. The van der Waals surface area contributed by atoms with Gasteiger partial charge in [-0.3, -0.25) is 19.3 Å². The molecule has 0 aromatic heterocycles. The third kappa shape index (κ3) is 2.18. The van der Waals surface area contributed by atoms with E-state index in [-0.39, 0.29) is 37.1 Å². The topological polar surface area (TPSA) is 83.9 Å². The van der Waals surface area contributed by atoms with Gasteiger partial charge in [-0.25, -0.2) is 0 Å². The minimum atomic E-state index is -1.01. The van der Waals surface area contributed by atoms with Gasteiger partial charge in [0.25, 0.3) is 0 Å². The second-order valence-electron chi connectivity index (χ2n) is 7.92. The lowest BCUT2D eigenvalue weighted by atomic mass is 9.52. The number of amides is 2. The van der Waals surface area contributed by atoms with Gasteiger partial charge in [-0.2, -0.15) is 0 Å². The lowest BCUT2D eigenvalue weighted by Gasteiger charge is -2.53. The summed E-state index contributed by atoms with van der Waals surface area (Å²) in [5, 5.41) is 8.93. The van der Waals surface area contributed by atoms with Gasteiger partial charge in [0.2, 0.25) is 11.8 Å². The molecule has 0 saturated carbocycles. The highest BCUT2D eigenvalue weighted by Gasteiger charge is 2.68. The van der Waals surface area contributed by atoms with Gasteiger partial charge in [-0.1, -0.05) is 48.5 Å². The molecule has 4 aliphatic rings. The Morgan fingerprint density at radius 2 is 1.62 bits per heavy atom. The molecule has 3 aliphatic carbocycles. The van der Waals surface area contributed by atoms with Crippen molar-refractivity contribution in [1.29, 1.82) is 0 Å². The van der Waals surface area contributed by atoms with Crippen LogP contribution in [-0.2, 0) is 24.7 Å². The molecule has 1 heterocycles. The largest absolute Gasteiger partial charge is 0.481 e. The Balaban J connectivity index is 1.68. The van der Waals surface area contributed by atoms with Crippen LogP contribution in [0.25, 0.3) is 0 Å². The lowest BCUT2D eigenvalue weighted by Crippen LogP contribution is -2.54. The number of imide groups is 1. The van der Waals surface area contributed by atoms with E-state index in [1.165, 1.54) is 4.90 Å². The van der Waals surface area contributed by atoms with E-state index < -0.39 is 23.4 Å². The van der Waals surface area contributed by atoms with Gasteiger partial charge in [0.05, 0.1) is 11.8 Å². The lowest BCUT2D eigenvalue weighted by molar-refractivity contribution is -0.145. The minimum Gasteiger partial charge on any atom is -0.481 e. The van der Waals surface area contributed by atoms with Crippen LogP contribution in [0.15, 0.2) is 48.5 Å². The number of aliphatic carboxylic acids is 1. The smallest absolute Gasteiger partial charge is 0.303 e. The van der Waals surface area contributed by atoms with Crippen LogP contribution in [0, 0.1) is 11.8 Å². The van der Waals surface area contributed by atoms with E-state index in [1.807, 2.05) is 48.5 Å². The van der Waals surface area contributed by atoms with E-state index in [0.717, 1.165) is 22.3 Å². The molecule has 29 heavy (non-hydrogen) atoms. The molecule has 2 amide bonds. The zero-order valence-corrected chi connectivity index (χ0v) is 16.0. The second-order valence-corrected chi connectivity index (χ2v) is 7.92. The molecule has 2 aromatic rings. The summed E-state index contributed by atoms with van der Waals surface area (Å²) in [7, 11) is 1.60. The second kappa shape index (κ2) is 6.26. The van der Waals surface area contributed by atoms with Gasteiger partial charge in [0.15, 0.2) is 0 Å². The Kier molecular flexibility index (Phi) is 3.90. The summed E-state index contributed by atoms with van der Waals surface area (Å²) in [5.41, 5.74) is 2.94. The van der Waals surface area contributed by atoms with Crippen LogP contribution >= 0.6 is 0 Å². The van der Waals surface area contributed by atoms with E-state index in [4.69, 9.17) is 9.84 Å². The molecule has 0 spiro atoms. The Morgan fingerprint density at radius 3 is 2.17 bits per heavy atom. The zero-order valence-electron chi connectivity index (χ0n) is 16.0. The first-order valence-corrected chi connectivity index (χ1v) is 9.83. The first-order chi connectivity index (χ1) is 14.0. The third-order valence-electron chi connectivity index (χ3n) is 6.73. The molecular formula is C23H21NO5. The number of hydrogen-bond donors (Lipinski definition) is 1. The van der Waals surface area contributed by atoms with Crippen molar-refractivity contribution < 1.29 is 24.2 Å². The fourth-order valence-corrected chi connectivity index (χ4v) is 5.72. The number of methoxy groups -OCH3 is 1. The van der Waals surface area contributed by atoms with Gasteiger partial charge in [0.1, 0.15) is 5.60 Å². The Bertz CT molecular complexity index is 998. The molecule has 6 rings (SSSR count). The molecule has 2 bridgehead atoms. The first-order valence-electron chi connectivity index (χ1n) is 9.83. The fraction of sp³-hybridized carbons (Fsp3) is 0.348.